The highest BCUT2D eigenvalue weighted by atomic mass is 28.3. The first-order valence-electron chi connectivity index (χ1n) is 8.55. The number of hydrogen-bond acceptors (Lipinski definition) is 1. The van der Waals surface area contributed by atoms with E-state index in [1.54, 1.807) is 5.56 Å². The molecule has 2 aliphatic rings. The molecular formula is C19H29NSi. The fourth-order valence-corrected chi connectivity index (χ4v) is 4.53. The van der Waals surface area contributed by atoms with Gasteiger partial charge in [0.15, 0.2) is 0 Å². The molecule has 1 aromatic carbocycles. The summed E-state index contributed by atoms with van der Waals surface area (Å²) < 4.78 is 0. The molecule has 114 valence electrons. The second kappa shape index (κ2) is 6.10. The molecule has 0 unspecified atom stereocenters. The van der Waals surface area contributed by atoms with Crippen molar-refractivity contribution in [3.05, 3.63) is 47.7 Å². The fourth-order valence-electron chi connectivity index (χ4n) is 3.73. The normalized spacial score (nSPS) is 30.7. The van der Waals surface area contributed by atoms with E-state index in [4.69, 9.17) is 0 Å². The van der Waals surface area contributed by atoms with Crippen molar-refractivity contribution in [3.63, 3.8) is 0 Å². The van der Waals surface area contributed by atoms with E-state index < -0.39 is 8.07 Å². The Morgan fingerprint density at radius 1 is 1.00 bits per heavy atom. The Morgan fingerprint density at radius 3 is 2.29 bits per heavy atom. The molecule has 2 heteroatoms. The van der Waals surface area contributed by atoms with Crippen LogP contribution in [0.1, 0.15) is 30.7 Å². The molecule has 0 N–H and O–H groups in total. The summed E-state index contributed by atoms with van der Waals surface area (Å²) >= 11 is 0. The zero-order chi connectivity index (χ0) is 14.9. The number of nitrogens with zero attached hydrogens (tertiary/aromatic N) is 1. The van der Waals surface area contributed by atoms with Crippen molar-refractivity contribution in [2.24, 2.45) is 5.92 Å². The summed E-state index contributed by atoms with van der Waals surface area (Å²) in [5.74, 6) is 1.48. The van der Waals surface area contributed by atoms with Gasteiger partial charge in [-0.1, -0.05) is 68.2 Å². The van der Waals surface area contributed by atoms with E-state index in [0.717, 1.165) is 17.9 Å². The third-order valence-electron chi connectivity index (χ3n) is 4.85. The molecule has 0 aromatic heterocycles. The molecule has 1 nitrogen and oxygen atoms in total. The van der Waals surface area contributed by atoms with Gasteiger partial charge in [-0.25, -0.2) is 0 Å². The van der Waals surface area contributed by atoms with Crippen LogP contribution in [0.25, 0.3) is 0 Å². The average Bonchev–Trinajstić information content (AvgIpc) is 3.21. The van der Waals surface area contributed by atoms with Gasteiger partial charge in [0, 0.05) is 17.9 Å². The zero-order valence-corrected chi connectivity index (χ0v) is 14.8. The minimum Gasteiger partial charge on any atom is -0.299 e. The van der Waals surface area contributed by atoms with E-state index in [1.807, 2.05) is 0 Å². The molecule has 3 rings (SSSR count). The first-order chi connectivity index (χ1) is 10.1. The first kappa shape index (κ1) is 15.0. The van der Waals surface area contributed by atoms with Crippen molar-refractivity contribution in [2.45, 2.75) is 50.9 Å². The lowest BCUT2D eigenvalue weighted by Crippen LogP contribution is -2.33. The quantitative estimate of drug-likeness (QED) is 0.729. The summed E-state index contributed by atoms with van der Waals surface area (Å²) in [7, 11) is -1.09. The van der Waals surface area contributed by atoms with Crippen molar-refractivity contribution in [3.8, 4) is 0 Å². The molecular weight excluding hydrogens is 270 g/mol. The maximum atomic E-state index is 2.76. The van der Waals surface area contributed by atoms with Crippen LogP contribution in [0, 0.1) is 5.92 Å². The minimum atomic E-state index is -1.09. The van der Waals surface area contributed by atoms with Crippen LogP contribution in [0.3, 0.4) is 0 Å². The standard InChI is InChI=1S/C19H29NSi/c1-21(2,3)15-12-17-18(16-10-6-4-7-11-16)19(17)20-13-8-5-9-14-20/h4,6-7,10-12,15,17-19H,5,8-9,13-14H2,1-3H3/b15-12+/t17-,18-,19-/m0/s1. The molecule has 3 atom stereocenters. The van der Waals surface area contributed by atoms with E-state index in [2.05, 4.69) is 66.6 Å². The van der Waals surface area contributed by atoms with Gasteiger partial charge in [-0.2, -0.15) is 0 Å². The number of rotatable bonds is 4. The summed E-state index contributed by atoms with van der Waals surface area (Å²) in [5, 5.41) is 0. The Bertz CT molecular complexity index is 482. The summed E-state index contributed by atoms with van der Waals surface area (Å²) in [6.07, 6.45) is 6.77. The lowest BCUT2D eigenvalue weighted by Gasteiger charge is -2.27. The number of piperidine rings is 1. The maximum absolute atomic E-state index is 2.76. The third kappa shape index (κ3) is 3.67. The minimum absolute atomic E-state index is 0.733. The number of benzene rings is 1. The highest BCUT2D eigenvalue weighted by Crippen LogP contribution is 2.52. The summed E-state index contributed by atoms with van der Waals surface area (Å²) in [6.45, 7) is 9.91. The van der Waals surface area contributed by atoms with E-state index in [0.29, 0.717) is 0 Å². The number of likely N-dealkylation sites (tertiary alicyclic amines) is 1. The predicted molar refractivity (Wildman–Crippen MR) is 94.4 cm³/mol. The van der Waals surface area contributed by atoms with Crippen LogP contribution in [0.4, 0.5) is 0 Å². The summed E-state index contributed by atoms with van der Waals surface area (Å²) in [4.78, 5) is 2.76. The van der Waals surface area contributed by atoms with Crippen LogP contribution in [0.5, 0.6) is 0 Å². The van der Waals surface area contributed by atoms with Crippen molar-refractivity contribution in [1.82, 2.24) is 4.90 Å². The van der Waals surface area contributed by atoms with Crippen molar-refractivity contribution in [1.29, 1.82) is 0 Å². The van der Waals surface area contributed by atoms with Crippen LogP contribution in [0.15, 0.2) is 42.1 Å². The largest absolute Gasteiger partial charge is 0.299 e. The third-order valence-corrected chi connectivity index (χ3v) is 6.04. The SMILES string of the molecule is C[Si](C)(C)/C=C/[C@H]1[C@H](c2ccccc2)[C@H]1N1CCCCC1. The topological polar surface area (TPSA) is 3.24 Å². The van der Waals surface area contributed by atoms with Gasteiger partial charge in [0.05, 0.1) is 8.07 Å². The van der Waals surface area contributed by atoms with Crippen LogP contribution < -0.4 is 0 Å². The van der Waals surface area contributed by atoms with Gasteiger partial charge in [0.2, 0.25) is 0 Å². The van der Waals surface area contributed by atoms with Crippen LogP contribution in [-0.4, -0.2) is 32.1 Å². The maximum Gasteiger partial charge on any atom is 0.0683 e. The van der Waals surface area contributed by atoms with Gasteiger partial charge in [0.25, 0.3) is 0 Å². The first-order valence-corrected chi connectivity index (χ1v) is 12.1. The molecule has 1 saturated carbocycles. The summed E-state index contributed by atoms with van der Waals surface area (Å²) in [6, 6.07) is 11.9. The van der Waals surface area contributed by atoms with Crippen molar-refractivity contribution >= 4 is 8.07 Å². The second-order valence-electron chi connectivity index (χ2n) is 7.83. The Labute approximate surface area is 131 Å². The molecule has 1 aromatic rings. The van der Waals surface area contributed by atoms with Crippen LogP contribution in [-0.2, 0) is 0 Å². The molecule has 0 bridgehead atoms. The average molecular weight is 300 g/mol. The zero-order valence-electron chi connectivity index (χ0n) is 13.8. The lowest BCUT2D eigenvalue weighted by atomic mass is 10.1. The van der Waals surface area contributed by atoms with Gasteiger partial charge >= 0.3 is 0 Å². The van der Waals surface area contributed by atoms with E-state index in [-0.39, 0.29) is 0 Å². The van der Waals surface area contributed by atoms with E-state index >= 15 is 0 Å². The molecule has 2 fully saturated rings. The van der Waals surface area contributed by atoms with Gasteiger partial charge in [0.1, 0.15) is 0 Å². The summed E-state index contributed by atoms with van der Waals surface area (Å²) in [5.41, 5.74) is 4.09. The Morgan fingerprint density at radius 2 is 1.67 bits per heavy atom. The second-order valence-corrected chi connectivity index (χ2v) is 12.9. The fraction of sp³-hybridized carbons (Fsp3) is 0.579. The molecule has 0 radical (unpaired) electrons. The van der Waals surface area contributed by atoms with Gasteiger partial charge < -0.3 is 0 Å². The highest BCUT2D eigenvalue weighted by molar-refractivity contribution is 6.80. The van der Waals surface area contributed by atoms with Crippen LogP contribution in [0.2, 0.25) is 19.6 Å². The predicted octanol–water partition coefficient (Wildman–Crippen LogP) is 4.69. The lowest BCUT2D eigenvalue weighted by molar-refractivity contribution is 0.211. The molecule has 1 aliphatic carbocycles. The van der Waals surface area contributed by atoms with Crippen molar-refractivity contribution < 1.29 is 0 Å². The van der Waals surface area contributed by atoms with Gasteiger partial charge in [-0.15, -0.1) is 0 Å². The molecule has 0 spiro atoms. The van der Waals surface area contributed by atoms with Gasteiger partial charge in [-0.3, -0.25) is 4.90 Å². The highest BCUT2D eigenvalue weighted by Gasteiger charge is 2.52. The number of hydrogen-bond donors (Lipinski definition) is 0. The monoisotopic (exact) mass is 299 g/mol. The van der Waals surface area contributed by atoms with E-state index in [1.165, 1.54) is 32.4 Å². The van der Waals surface area contributed by atoms with Crippen LogP contribution >= 0.6 is 0 Å². The smallest absolute Gasteiger partial charge is 0.0683 e. The Balaban J connectivity index is 1.77. The molecule has 1 heterocycles. The Hall–Kier alpha value is -0.863. The van der Waals surface area contributed by atoms with Gasteiger partial charge in [-0.05, 0) is 31.5 Å². The molecule has 1 saturated heterocycles. The van der Waals surface area contributed by atoms with E-state index in [9.17, 15) is 0 Å². The Kier molecular flexibility index (Phi) is 4.37. The van der Waals surface area contributed by atoms with Crippen molar-refractivity contribution in [2.75, 3.05) is 13.1 Å². The molecule has 21 heavy (non-hydrogen) atoms. The molecule has 1 aliphatic heterocycles. The molecule has 0 amide bonds.